The number of ether oxygens (including phenoxy) is 1. The summed E-state index contributed by atoms with van der Waals surface area (Å²) >= 11 is 0. The molecule has 2 aromatic heterocycles. The number of rotatable bonds is 6. The van der Waals surface area contributed by atoms with Gasteiger partial charge in [0.25, 0.3) is 5.56 Å². The van der Waals surface area contributed by atoms with Gasteiger partial charge in [-0.15, -0.1) is 0 Å². The van der Waals surface area contributed by atoms with Gasteiger partial charge in [0.05, 0.1) is 11.8 Å². The maximum Gasteiger partial charge on any atom is 0.258 e. The van der Waals surface area contributed by atoms with Crippen LogP contribution in [0.1, 0.15) is 19.5 Å². The van der Waals surface area contributed by atoms with Crippen molar-refractivity contribution in [3.05, 3.63) is 46.5 Å². The Morgan fingerprint density at radius 2 is 2.32 bits per heavy atom. The largest absolute Gasteiger partial charge is 0.377 e. The normalized spacial score (nSPS) is 12.7. The summed E-state index contributed by atoms with van der Waals surface area (Å²) in [6, 6.07) is 7.08. The molecule has 1 N–H and O–H groups in total. The van der Waals surface area contributed by atoms with E-state index in [2.05, 4.69) is 10.3 Å². The van der Waals surface area contributed by atoms with E-state index in [1.807, 2.05) is 32.0 Å². The van der Waals surface area contributed by atoms with Crippen LogP contribution in [0.3, 0.4) is 0 Å². The van der Waals surface area contributed by atoms with Gasteiger partial charge in [-0.05, 0) is 26.0 Å². The summed E-state index contributed by atoms with van der Waals surface area (Å²) in [6.07, 6.45) is 1.88. The third-order valence-corrected chi connectivity index (χ3v) is 2.81. The first-order valence-corrected chi connectivity index (χ1v) is 6.50. The van der Waals surface area contributed by atoms with Crippen molar-refractivity contribution < 1.29 is 4.74 Å². The molecule has 0 radical (unpaired) electrons. The van der Waals surface area contributed by atoms with Crippen molar-refractivity contribution in [1.82, 2.24) is 14.7 Å². The quantitative estimate of drug-likeness (QED) is 0.849. The molecule has 0 aliphatic heterocycles. The third-order valence-electron chi connectivity index (χ3n) is 2.81. The van der Waals surface area contributed by atoms with Crippen LogP contribution in [0, 0.1) is 0 Å². The zero-order valence-electron chi connectivity index (χ0n) is 11.3. The van der Waals surface area contributed by atoms with Crippen molar-refractivity contribution >= 4 is 5.65 Å². The summed E-state index contributed by atoms with van der Waals surface area (Å²) in [5.41, 5.74) is 1.37. The van der Waals surface area contributed by atoms with Crippen LogP contribution in [0.15, 0.2) is 35.3 Å². The average molecular weight is 261 g/mol. The Bertz CT molecular complexity index is 595. The monoisotopic (exact) mass is 261 g/mol. The Hall–Kier alpha value is -1.72. The van der Waals surface area contributed by atoms with Crippen LogP contribution in [-0.4, -0.2) is 28.6 Å². The molecule has 2 rings (SSSR count). The number of pyridine rings is 1. The number of nitrogens with zero attached hydrogens (tertiary/aromatic N) is 2. The molecule has 0 saturated heterocycles. The molecule has 0 aliphatic carbocycles. The van der Waals surface area contributed by atoms with Crippen LogP contribution in [0.2, 0.25) is 0 Å². The molecule has 0 bridgehead atoms. The van der Waals surface area contributed by atoms with Gasteiger partial charge in [0.15, 0.2) is 0 Å². The number of hydrogen-bond donors (Lipinski definition) is 1. The average Bonchev–Trinajstić information content (AvgIpc) is 2.39. The molecule has 1 atom stereocenters. The predicted octanol–water partition coefficient (Wildman–Crippen LogP) is 1.21. The van der Waals surface area contributed by atoms with E-state index in [0.717, 1.165) is 12.2 Å². The predicted molar refractivity (Wildman–Crippen MR) is 74.3 cm³/mol. The molecule has 0 fully saturated rings. The van der Waals surface area contributed by atoms with Gasteiger partial charge in [0, 0.05) is 32.0 Å². The lowest BCUT2D eigenvalue weighted by atomic mass is 10.3. The van der Waals surface area contributed by atoms with Gasteiger partial charge in [-0.2, -0.15) is 0 Å². The minimum atomic E-state index is -0.0553. The third kappa shape index (κ3) is 3.62. The smallest absolute Gasteiger partial charge is 0.258 e. The van der Waals surface area contributed by atoms with Gasteiger partial charge < -0.3 is 10.1 Å². The van der Waals surface area contributed by atoms with E-state index in [4.69, 9.17) is 4.74 Å². The van der Waals surface area contributed by atoms with E-state index in [1.54, 1.807) is 12.3 Å². The molecule has 0 amide bonds. The summed E-state index contributed by atoms with van der Waals surface area (Å²) in [5, 5.41) is 3.24. The molecule has 0 saturated carbocycles. The fourth-order valence-corrected chi connectivity index (χ4v) is 1.94. The first kappa shape index (κ1) is 13.7. The van der Waals surface area contributed by atoms with Crippen molar-refractivity contribution in [3.63, 3.8) is 0 Å². The highest BCUT2D eigenvalue weighted by Gasteiger charge is 2.03. The molecule has 19 heavy (non-hydrogen) atoms. The Kier molecular flexibility index (Phi) is 4.65. The molecule has 1 unspecified atom stereocenters. The summed E-state index contributed by atoms with van der Waals surface area (Å²) in [4.78, 5) is 16.3. The molecule has 2 heterocycles. The van der Waals surface area contributed by atoms with Crippen LogP contribution in [0.4, 0.5) is 0 Å². The lowest BCUT2D eigenvalue weighted by Gasteiger charge is -2.12. The lowest BCUT2D eigenvalue weighted by molar-refractivity contribution is 0.0759. The summed E-state index contributed by atoms with van der Waals surface area (Å²) in [7, 11) is 0. The number of nitrogens with one attached hydrogen (secondary N) is 1. The SMILES string of the molecule is CCOC(C)CNCc1cc(=O)n2ccccc2n1. The Labute approximate surface area is 112 Å². The van der Waals surface area contributed by atoms with Crippen LogP contribution in [0.25, 0.3) is 5.65 Å². The highest BCUT2D eigenvalue weighted by atomic mass is 16.5. The maximum absolute atomic E-state index is 11.9. The van der Waals surface area contributed by atoms with Gasteiger partial charge in [-0.1, -0.05) is 6.07 Å². The van der Waals surface area contributed by atoms with Crippen LogP contribution >= 0.6 is 0 Å². The standard InChI is InChI=1S/C14H19N3O2/c1-3-19-11(2)9-15-10-12-8-14(18)17-7-5-4-6-13(17)16-12/h4-8,11,15H,3,9-10H2,1-2H3. The van der Waals surface area contributed by atoms with Crippen molar-refractivity contribution in [1.29, 1.82) is 0 Å². The van der Waals surface area contributed by atoms with Gasteiger partial charge in [-0.25, -0.2) is 4.98 Å². The molecular formula is C14H19N3O2. The highest BCUT2D eigenvalue weighted by Crippen LogP contribution is 1.98. The van der Waals surface area contributed by atoms with Gasteiger partial charge in [0.1, 0.15) is 5.65 Å². The minimum Gasteiger partial charge on any atom is -0.377 e. The summed E-state index contributed by atoms with van der Waals surface area (Å²) < 4.78 is 6.96. The van der Waals surface area contributed by atoms with E-state index in [1.165, 1.54) is 4.40 Å². The maximum atomic E-state index is 11.9. The van der Waals surface area contributed by atoms with E-state index in [9.17, 15) is 4.79 Å². The van der Waals surface area contributed by atoms with Crippen molar-refractivity contribution in [2.75, 3.05) is 13.2 Å². The van der Waals surface area contributed by atoms with Gasteiger partial charge >= 0.3 is 0 Å². The molecule has 2 aromatic rings. The number of fused-ring (bicyclic) bond motifs is 1. The fraction of sp³-hybridized carbons (Fsp3) is 0.429. The van der Waals surface area contributed by atoms with Gasteiger partial charge in [-0.3, -0.25) is 9.20 Å². The number of hydrogen-bond acceptors (Lipinski definition) is 4. The molecule has 5 heteroatoms. The van der Waals surface area contributed by atoms with Crippen LogP contribution in [-0.2, 0) is 11.3 Å². The van der Waals surface area contributed by atoms with E-state index in [-0.39, 0.29) is 11.7 Å². The van der Waals surface area contributed by atoms with Crippen LogP contribution in [0.5, 0.6) is 0 Å². The van der Waals surface area contributed by atoms with E-state index < -0.39 is 0 Å². The highest BCUT2D eigenvalue weighted by molar-refractivity contribution is 5.37. The second-order valence-corrected chi connectivity index (χ2v) is 4.41. The van der Waals surface area contributed by atoms with Crippen molar-refractivity contribution in [2.24, 2.45) is 0 Å². The van der Waals surface area contributed by atoms with E-state index in [0.29, 0.717) is 18.8 Å². The number of aromatic nitrogens is 2. The molecule has 0 aromatic carbocycles. The summed E-state index contributed by atoms with van der Waals surface area (Å²) in [5.74, 6) is 0. The lowest BCUT2D eigenvalue weighted by Crippen LogP contribution is -2.27. The second kappa shape index (κ2) is 6.45. The second-order valence-electron chi connectivity index (χ2n) is 4.41. The molecule has 102 valence electrons. The molecule has 0 spiro atoms. The van der Waals surface area contributed by atoms with Crippen LogP contribution < -0.4 is 10.9 Å². The Morgan fingerprint density at radius 3 is 3.11 bits per heavy atom. The minimum absolute atomic E-state index is 0.0553. The molecule has 5 nitrogen and oxygen atoms in total. The zero-order valence-corrected chi connectivity index (χ0v) is 11.3. The zero-order chi connectivity index (χ0) is 13.7. The fourth-order valence-electron chi connectivity index (χ4n) is 1.94. The first-order chi connectivity index (χ1) is 9.20. The van der Waals surface area contributed by atoms with Crippen molar-refractivity contribution in [2.45, 2.75) is 26.5 Å². The van der Waals surface area contributed by atoms with Crippen molar-refractivity contribution in [3.8, 4) is 0 Å². The first-order valence-electron chi connectivity index (χ1n) is 6.50. The van der Waals surface area contributed by atoms with E-state index >= 15 is 0 Å². The molecular weight excluding hydrogens is 242 g/mol. The Balaban J connectivity index is 2.03. The Morgan fingerprint density at radius 1 is 1.47 bits per heavy atom. The topological polar surface area (TPSA) is 55.6 Å². The molecule has 0 aliphatic rings. The van der Waals surface area contributed by atoms with Gasteiger partial charge in [0.2, 0.25) is 0 Å². The summed E-state index contributed by atoms with van der Waals surface area (Å²) in [6.45, 7) is 6.00.